The van der Waals surface area contributed by atoms with Crippen molar-refractivity contribution in [3.63, 3.8) is 0 Å². The summed E-state index contributed by atoms with van der Waals surface area (Å²) in [6, 6.07) is 0. The summed E-state index contributed by atoms with van der Waals surface area (Å²) in [4.78, 5) is 23.3. The third-order valence-corrected chi connectivity index (χ3v) is 0.824. The minimum atomic E-state index is -5.07. The first kappa shape index (κ1) is 19.6. The average molecular weight is 216 g/mol. The summed E-state index contributed by atoms with van der Waals surface area (Å²) in [5.74, 6) is 0. The Balaban J connectivity index is -0.000000405. The second-order valence-electron chi connectivity index (χ2n) is 1.61. The molecule has 1 atom stereocenters. The van der Waals surface area contributed by atoms with Crippen molar-refractivity contribution in [2.75, 3.05) is 6.61 Å². The van der Waals surface area contributed by atoms with Gasteiger partial charge >= 0.3 is 59.1 Å². The number of aliphatic hydroxyl groups is 1. The maximum Gasteiger partial charge on any atom is 1.00 e. The van der Waals surface area contributed by atoms with Gasteiger partial charge in [0.15, 0.2) is 0 Å². The molecule has 0 bridgehead atoms. The molecule has 62 valence electrons. The van der Waals surface area contributed by atoms with Gasteiger partial charge in [-0.2, -0.15) is 0 Å². The second kappa shape index (κ2) is 9.58. The molecule has 9 heteroatoms. The molecule has 0 fully saturated rings. The Hall–Kier alpha value is 2.03. The van der Waals surface area contributed by atoms with Crippen molar-refractivity contribution in [3.05, 3.63) is 0 Å². The van der Waals surface area contributed by atoms with Gasteiger partial charge in [0, 0.05) is 0 Å². The van der Waals surface area contributed by atoms with Crippen LogP contribution >= 0.6 is 7.82 Å². The van der Waals surface area contributed by atoms with Crippen LogP contribution in [-0.2, 0) is 14.1 Å². The Morgan fingerprint density at radius 2 is 1.92 bits per heavy atom. The van der Waals surface area contributed by atoms with Crippen LogP contribution in [0.15, 0.2) is 0 Å². The molecule has 0 aliphatic rings. The molecule has 12 heavy (non-hydrogen) atoms. The van der Waals surface area contributed by atoms with E-state index in [1.807, 2.05) is 0 Å². The number of hydrogen-bond donors (Lipinski definition) is 1. The molecular formula is C3H7Na2O6P. The van der Waals surface area contributed by atoms with E-state index in [9.17, 15) is 14.4 Å². The first-order chi connectivity index (χ1) is 4.45. The SMILES string of the molecule is CC(CO)OOP(=O)([O-])[O-].[Na+].[Na+]. The van der Waals surface area contributed by atoms with Crippen molar-refractivity contribution >= 4 is 7.82 Å². The smallest absolute Gasteiger partial charge is 0.788 e. The first-order valence-electron chi connectivity index (χ1n) is 2.43. The van der Waals surface area contributed by atoms with Crippen LogP contribution in [-0.4, -0.2) is 17.8 Å². The fraction of sp³-hybridized carbons (Fsp3) is 1.00. The van der Waals surface area contributed by atoms with E-state index in [4.69, 9.17) is 5.11 Å². The average Bonchev–Trinajstić information content (AvgIpc) is 1.81. The summed E-state index contributed by atoms with van der Waals surface area (Å²) >= 11 is 0. The van der Waals surface area contributed by atoms with Crippen LogP contribution in [0.3, 0.4) is 0 Å². The Morgan fingerprint density at radius 1 is 1.50 bits per heavy atom. The molecule has 0 saturated heterocycles. The van der Waals surface area contributed by atoms with E-state index < -0.39 is 20.5 Å². The van der Waals surface area contributed by atoms with Gasteiger partial charge in [0.05, 0.1) is 6.61 Å². The maximum atomic E-state index is 9.69. The van der Waals surface area contributed by atoms with Gasteiger partial charge < -0.3 is 19.5 Å². The summed E-state index contributed by atoms with van der Waals surface area (Å²) in [7, 11) is -5.07. The zero-order valence-corrected chi connectivity index (χ0v) is 12.1. The fourth-order valence-corrected chi connectivity index (χ4v) is 0.409. The zero-order chi connectivity index (χ0) is 8.20. The standard InChI is InChI=1S/C3H9O6P.2Na/c1-3(2-4)8-9-10(5,6)7;;/h3-4H,2H2,1H3,(H2,5,6,7);;/q;2*+1/p-2. The van der Waals surface area contributed by atoms with Crippen LogP contribution in [0.25, 0.3) is 0 Å². The molecule has 0 radical (unpaired) electrons. The van der Waals surface area contributed by atoms with Gasteiger partial charge in [-0.1, -0.05) is 0 Å². The van der Waals surface area contributed by atoms with Crippen LogP contribution in [0.1, 0.15) is 6.92 Å². The normalized spacial score (nSPS) is 12.7. The number of rotatable bonds is 4. The van der Waals surface area contributed by atoms with Crippen molar-refractivity contribution in [1.82, 2.24) is 0 Å². The third-order valence-electron chi connectivity index (χ3n) is 0.556. The summed E-state index contributed by atoms with van der Waals surface area (Å²) in [6.45, 7) is 0.926. The maximum absolute atomic E-state index is 9.69. The van der Waals surface area contributed by atoms with Crippen LogP contribution in [0.4, 0.5) is 0 Å². The van der Waals surface area contributed by atoms with E-state index in [0.717, 1.165) is 0 Å². The molecule has 0 aromatic heterocycles. The van der Waals surface area contributed by atoms with E-state index in [2.05, 4.69) is 9.56 Å². The quantitative estimate of drug-likeness (QED) is 0.217. The number of phosphoric acid groups is 1. The Kier molecular flexibility index (Phi) is 15.6. The first-order valence-corrected chi connectivity index (χ1v) is 3.90. The molecule has 0 aromatic rings. The van der Waals surface area contributed by atoms with E-state index >= 15 is 0 Å². The van der Waals surface area contributed by atoms with E-state index in [-0.39, 0.29) is 59.1 Å². The van der Waals surface area contributed by atoms with Gasteiger partial charge in [-0.3, -0.25) is 0 Å². The number of hydrogen-bond acceptors (Lipinski definition) is 6. The van der Waals surface area contributed by atoms with Gasteiger partial charge in [0.2, 0.25) is 0 Å². The van der Waals surface area contributed by atoms with Gasteiger partial charge in [-0.05, 0) is 6.92 Å². The Morgan fingerprint density at radius 3 is 2.17 bits per heavy atom. The molecule has 0 heterocycles. The van der Waals surface area contributed by atoms with E-state index in [1.54, 1.807) is 0 Å². The number of aliphatic hydroxyl groups excluding tert-OH is 1. The minimum absolute atomic E-state index is 0. The predicted octanol–water partition coefficient (Wildman–Crippen LogP) is -7.85. The van der Waals surface area contributed by atoms with Crippen LogP contribution < -0.4 is 68.9 Å². The van der Waals surface area contributed by atoms with Crippen molar-refractivity contribution in [2.45, 2.75) is 13.0 Å². The zero-order valence-electron chi connectivity index (χ0n) is 7.22. The molecular weight excluding hydrogens is 209 g/mol. The van der Waals surface area contributed by atoms with Crippen LogP contribution in [0.2, 0.25) is 0 Å². The molecule has 0 aliphatic carbocycles. The molecule has 1 N–H and O–H groups in total. The van der Waals surface area contributed by atoms with Crippen molar-refractivity contribution in [3.8, 4) is 0 Å². The van der Waals surface area contributed by atoms with Crippen molar-refractivity contribution < 1.29 is 88.1 Å². The molecule has 0 saturated carbocycles. The van der Waals surface area contributed by atoms with Gasteiger partial charge in [0.1, 0.15) is 13.9 Å². The van der Waals surface area contributed by atoms with Crippen molar-refractivity contribution in [2.24, 2.45) is 0 Å². The van der Waals surface area contributed by atoms with Crippen LogP contribution in [0, 0.1) is 0 Å². The van der Waals surface area contributed by atoms with E-state index in [0.29, 0.717) is 0 Å². The van der Waals surface area contributed by atoms with Gasteiger partial charge in [-0.25, -0.2) is 9.56 Å². The molecule has 0 rings (SSSR count). The van der Waals surface area contributed by atoms with Gasteiger partial charge in [-0.15, -0.1) is 0 Å². The Bertz CT molecular complexity index is 137. The Labute approximate surface area is 114 Å². The molecule has 0 spiro atoms. The topological polar surface area (TPSA) is 102 Å². The summed E-state index contributed by atoms with van der Waals surface area (Å²) in [5, 5.41) is 8.23. The fourth-order valence-electron chi connectivity index (χ4n) is 0.157. The monoisotopic (exact) mass is 216 g/mol. The van der Waals surface area contributed by atoms with E-state index in [1.165, 1.54) is 6.92 Å². The second-order valence-corrected chi connectivity index (χ2v) is 2.65. The molecule has 0 aromatic carbocycles. The minimum Gasteiger partial charge on any atom is -0.788 e. The van der Waals surface area contributed by atoms with Crippen LogP contribution in [0.5, 0.6) is 0 Å². The third kappa shape index (κ3) is 14.5. The van der Waals surface area contributed by atoms with Crippen molar-refractivity contribution in [1.29, 1.82) is 0 Å². The molecule has 1 unspecified atom stereocenters. The largest absolute Gasteiger partial charge is 1.00 e. The summed E-state index contributed by atoms with van der Waals surface area (Å²) in [6.07, 6.45) is -0.823. The summed E-state index contributed by atoms with van der Waals surface area (Å²) < 4.78 is 13.1. The van der Waals surface area contributed by atoms with Gasteiger partial charge in [0.25, 0.3) is 0 Å². The predicted molar refractivity (Wildman–Crippen MR) is 26.3 cm³/mol. The summed E-state index contributed by atoms with van der Waals surface area (Å²) in [5.41, 5.74) is 0. The molecule has 0 amide bonds. The molecule has 0 aliphatic heterocycles. The molecule has 6 nitrogen and oxygen atoms in total.